The zero-order valence-electron chi connectivity index (χ0n) is 12.1. The number of carbonyl (C=O) groups excluding carboxylic acids is 3. The summed E-state index contributed by atoms with van der Waals surface area (Å²) in [6.45, 7) is 1.95. The molecule has 1 saturated heterocycles. The number of carbonyl (C=O) groups is 3. The molecule has 1 aromatic rings. The van der Waals surface area contributed by atoms with Gasteiger partial charge in [-0.2, -0.15) is 0 Å². The van der Waals surface area contributed by atoms with E-state index in [-0.39, 0.29) is 36.6 Å². The van der Waals surface area contributed by atoms with Crippen LogP contribution < -0.4 is 15.4 Å². The van der Waals surface area contributed by atoms with Crippen molar-refractivity contribution in [1.82, 2.24) is 5.32 Å². The van der Waals surface area contributed by atoms with Gasteiger partial charge >= 0.3 is 6.09 Å². The molecule has 2 heterocycles. The first-order valence-electron chi connectivity index (χ1n) is 6.91. The van der Waals surface area contributed by atoms with Gasteiger partial charge in [-0.3, -0.25) is 20.2 Å². The molecule has 9 heteroatoms. The fourth-order valence-electron chi connectivity index (χ4n) is 2.62. The number of amides is 3. The second-order valence-corrected chi connectivity index (χ2v) is 6.22. The van der Waals surface area contributed by atoms with Gasteiger partial charge in [-0.05, 0) is 24.8 Å². The lowest BCUT2D eigenvalue weighted by Crippen LogP contribution is -2.39. The second-order valence-electron chi connectivity index (χ2n) is 4.94. The number of anilines is 1. The number of hydrogen-bond donors (Lipinski definition) is 2. The predicted octanol–water partition coefficient (Wildman–Crippen LogP) is 2.35. The van der Waals surface area contributed by atoms with Crippen LogP contribution in [0.1, 0.15) is 18.9 Å². The van der Waals surface area contributed by atoms with Gasteiger partial charge in [-0.25, -0.2) is 9.18 Å². The molecule has 0 bridgehead atoms. The molecule has 0 aromatic heterocycles. The van der Waals surface area contributed by atoms with Gasteiger partial charge in [0.2, 0.25) is 5.91 Å². The van der Waals surface area contributed by atoms with Gasteiger partial charge in [0.1, 0.15) is 16.3 Å². The fourth-order valence-corrected chi connectivity index (χ4v) is 3.67. The van der Waals surface area contributed by atoms with Crippen molar-refractivity contribution in [3.63, 3.8) is 0 Å². The van der Waals surface area contributed by atoms with Crippen LogP contribution in [-0.2, 0) is 14.3 Å². The minimum absolute atomic E-state index is 0.0604. The monoisotopic (exact) mass is 340 g/mol. The van der Waals surface area contributed by atoms with Crippen LogP contribution in [0.4, 0.5) is 19.7 Å². The zero-order valence-corrected chi connectivity index (χ0v) is 12.9. The minimum Gasteiger partial charge on any atom is -0.491 e. The Labute approximate surface area is 134 Å². The van der Waals surface area contributed by atoms with Crippen LogP contribution in [0, 0.1) is 5.82 Å². The van der Waals surface area contributed by atoms with Gasteiger partial charge in [0.25, 0.3) is 5.24 Å². The molecule has 3 amide bonds. The van der Waals surface area contributed by atoms with E-state index < -0.39 is 27.8 Å². The molecule has 0 aliphatic carbocycles. The molecule has 0 saturated carbocycles. The van der Waals surface area contributed by atoms with Crippen molar-refractivity contribution in [2.24, 2.45) is 0 Å². The van der Waals surface area contributed by atoms with Gasteiger partial charge in [0, 0.05) is 18.1 Å². The number of ether oxygens (including phenoxy) is 2. The van der Waals surface area contributed by atoms with Crippen LogP contribution in [0.15, 0.2) is 12.1 Å². The van der Waals surface area contributed by atoms with E-state index in [9.17, 15) is 18.8 Å². The Morgan fingerprint density at radius 3 is 2.96 bits per heavy atom. The third-order valence-corrected chi connectivity index (χ3v) is 4.80. The number of fused-ring (bicyclic) bond motifs is 2. The molecule has 1 fully saturated rings. The first-order valence-corrected chi connectivity index (χ1v) is 7.73. The van der Waals surface area contributed by atoms with E-state index in [4.69, 9.17) is 9.47 Å². The van der Waals surface area contributed by atoms with Gasteiger partial charge in [0.05, 0.1) is 18.9 Å². The summed E-state index contributed by atoms with van der Waals surface area (Å²) in [4.78, 5) is 35.4. The highest BCUT2D eigenvalue weighted by Crippen LogP contribution is 2.52. The summed E-state index contributed by atoms with van der Waals surface area (Å²) in [7, 11) is 0. The first-order chi connectivity index (χ1) is 11.0. The second kappa shape index (κ2) is 5.73. The lowest BCUT2D eigenvalue weighted by molar-refractivity contribution is -0.122. The van der Waals surface area contributed by atoms with E-state index in [1.807, 2.05) is 0 Å². The Bertz CT molecular complexity index is 711. The number of thioether (sulfide) groups is 1. The molecule has 122 valence electrons. The Kier molecular flexibility index (Phi) is 3.88. The van der Waals surface area contributed by atoms with Crippen LogP contribution in [0.2, 0.25) is 0 Å². The lowest BCUT2D eigenvalue weighted by atomic mass is 9.90. The molecule has 1 atom stereocenters. The van der Waals surface area contributed by atoms with Gasteiger partial charge < -0.3 is 9.47 Å². The van der Waals surface area contributed by atoms with Gasteiger partial charge in [-0.15, -0.1) is 0 Å². The molecular formula is C14H13FN2O5S. The van der Waals surface area contributed by atoms with E-state index in [0.717, 1.165) is 23.9 Å². The Morgan fingerprint density at radius 1 is 1.52 bits per heavy atom. The van der Waals surface area contributed by atoms with Crippen molar-refractivity contribution in [2.45, 2.75) is 18.1 Å². The van der Waals surface area contributed by atoms with Crippen LogP contribution in [-0.4, -0.2) is 30.5 Å². The highest BCUT2D eigenvalue weighted by atomic mass is 32.2. The molecular weight excluding hydrogens is 327 g/mol. The summed E-state index contributed by atoms with van der Waals surface area (Å²) in [6.07, 6.45) is -0.534. The van der Waals surface area contributed by atoms with Crippen molar-refractivity contribution in [1.29, 1.82) is 0 Å². The van der Waals surface area contributed by atoms with Crippen molar-refractivity contribution in [3.8, 4) is 5.75 Å². The van der Waals surface area contributed by atoms with Crippen LogP contribution in [0.5, 0.6) is 5.75 Å². The zero-order chi connectivity index (χ0) is 16.6. The maximum absolute atomic E-state index is 14.0. The molecule has 1 aromatic carbocycles. The van der Waals surface area contributed by atoms with E-state index in [0.29, 0.717) is 0 Å². The molecule has 2 aliphatic rings. The van der Waals surface area contributed by atoms with Gasteiger partial charge in [0.15, 0.2) is 0 Å². The summed E-state index contributed by atoms with van der Waals surface area (Å²) in [6, 6.07) is 2.23. The summed E-state index contributed by atoms with van der Waals surface area (Å²) in [5.41, 5.74) is 0.286. The third kappa shape index (κ3) is 2.61. The summed E-state index contributed by atoms with van der Waals surface area (Å²) >= 11 is 0.796. The summed E-state index contributed by atoms with van der Waals surface area (Å²) in [5, 5.41) is 4.11. The number of imide groups is 1. The molecule has 2 aliphatic heterocycles. The number of rotatable bonds is 2. The molecule has 1 spiro atoms. The highest BCUT2D eigenvalue weighted by molar-refractivity contribution is 8.15. The Balaban J connectivity index is 2.07. The van der Waals surface area contributed by atoms with Crippen molar-refractivity contribution < 1.29 is 28.2 Å². The largest absolute Gasteiger partial charge is 0.491 e. The lowest BCUT2D eigenvalue weighted by Gasteiger charge is -2.32. The van der Waals surface area contributed by atoms with E-state index in [1.165, 1.54) is 0 Å². The predicted molar refractivity (Wildman–Crippen MR) is 80.0 cm³/mol. The maximum atomic E-state index is 14.0. The van der Waals surface area contributed by atoms with E-state index in [2.05, 4.69) is 10.6 Å². The molecule has 3 rings (SSSR count). The van der Waals surface area contributed by atoms with Crippen molar-refractivity contribution in [3.05, 3.63) is 23.5 Å². The standard InChI is InChI=1S/C14H13FN2O5S/c1-2-21-12(19)16-9-6-7(15)5-8-10(9)22-4-3-14(8)11(18)17-13(20)23-14/h5-6H,2-4H2,1H3,(H,16,19)(H,17,18,20). The van der Waals surface area contributed by atoms with Crippen molar-refractivity contribution >= 4 is 34.7 Å². The number of benzene rings is 1. The third-order valence-electron chi connectivity index (χ3n) is 3.55. The molecule has 2 N–H and O–H groups in total. The number of halogens is 1. The summed E-state index contributed by atoms with van der Waals surface area (Å²) < 4.78 is 23.0. The smallest absolute Gasteiger partial charge is 0.411 e. The normalized spacial score (nSPS) is 22.3. The fraction of sp³-hybridized carbons (Fsp3) is 0.357. The number of hydrogen-bond acceptors (Lipinski definition) is 6. The van der Waals surface area contributed by atoms with Crippen LogP contribution in [0.3, 0.4) is 0 Å². The molecule has 0 radical (unpaired) electrons. The SMILES string of the molecule is CCOC(=O)Nc1cc(F)cc2c1OCCC21SC(=O)NC1=O. The van der Waals surface area contributed by atoms with Crippen LogP contribution >= 0.6 is 11.8 Å². The maximum Gasteiger partial charge on any atom is 0.411 e. The van der Waals surface area contributed by atoms with Gasteiger partial charge in [-0.1, -0.05) is 0 Å². The quantitative estimate of drug-likeness (QED) is 0.858. The molecule has 23 heavy (non-hydrogen) atoms. The van der Waals surface area contributed by atoms with Crippen LogP contribution in [0.25, 0.3) is 0 Å². The van der Waals surface area contributed by atoms with E-state index in [1.54, 1.807) is 6.92 Å². The number of nitrogens with one attached hydrogen (secondary N) is 2. The van der Waals surface area contributed by atoms with Crippen molar-refractivity contribution in [2.75, 3.05) is 18.5 Å². The topological polar surface area (TPSA) is 93.7 Å². The molecule has 1 unspecified atom stereocenters. The van der Waals surface area contributed by atoms with E-state index >= 15 is 0 Å². The Morgan fingerprint density at radius 2 is 2.30 bits per heavy atom. The average Bonchev–Trinajstić information content (AvgIpc) is 2.75. The average molecular weight is 340 g/mol. The first kappa shape index (κ1) is 15.6. The minimum atomic E-state index is -1.24. The summed E-state index contributed by atoms with van der Waals surface area (Å²) in [5.74, 6) is -0.999. The highest BCUT2D eigenvalue weighted by Gasteiger charge is 2.53. The Hall–Kier alpha value is -2.29. The molecule has 7 nitrogen and oxygen atoms in total.